The summed E-state index contributed by atoms with van der Waals surface area (Å²) < 4.78 is 4.62. The van der Waals surface area contributed by atoms with Crippen LogP contribution in [0, 0.1) is 23.7 Å². The molecule has 122 valence electrons. The molecule has 0 radical (unpaired) electrons. The average molecular weight is 317 g/mol. The summed E-state index contributed by atoms with van der Waals surface area (Å²) in [7, 11) is 1.30. The zero-order valence-corrected chi connectivity index (χ0v) is 12.8. The van der Waals surface area contributed by atoms with Crippen molar-refractivity contribution in [2.24, 2.45) is 23.7 Å². The number of methoxy groups -OCH3 is 1. The van der Waals surface area contributed by atoms with Crippen molar-refractivity contribution < 1.29 is 24.2 Å². The molecule has 1 amide bonds. The first kappa shape index (κ1) is 15.5. The lowest BCUT2D eigenvalue weighted by atomic mass is 9.78. The zero-order chi connectivity index (χ0) is 16.6. The molecule has 2 saturated carbocycles. The number of rotatable bonds is 4. The van der Waals surface area contributed by atoms with Crippen molar-refractivity contribution in [3.8, 4) is 0 Å². The molecule has 0 aliphatic heterocycles. The van der Waals surface area contributed by atoms with Crippen molar-refractivity contribution in [2.75, 3.05) is 12.4 Å². The van der Waals surface area contributed by atoms with Crippen LogP contribution in [0.25, 0.3) is 0 Å². The number of aliphatic carboxylic acids is 1. The summed E-state index contributed by atoms with van der Waals surface area (Å²) in [6.07, 6.45) is 2.66. The minimum Gasteiger partial charge on any atom is -0.481 e. The van der Waals surface area contributed by atoms with Gasteiger partial charge in [-0.05, 0) is 55.4 Å². The molecule has 1 aromatic carbocycles. The number of carboxylic acid groups (broad SMARTS) is 1. The molecule has 1 aromatic rings. The van der Waals surface area contributed by atoms with Gasteiger partial charge in [0.2, 0.25) is 5.91 Å². The van der Waals surface area contributed by atoms with Crippen LogP contribution in [0.2, 0.25) is 0 Å². The lowest BCUT2D eigenvalue weighted by Gasteiger charge is -2.27. The Balaban J connectivity index is 1.71. The van der Waals surface area contributed by atoms with E-state index in [9.17, 15) is 19.5 Å². The zero-order valence-electron chi connectivity index (χ0n) is 12.8. The highest BCUT2D eigenvalue weighted by Crippen LogP contribution is 2.52. The van der Waals surface area contributed by atoms with E-state index in [1.807, 2.05) is 0 Å². The maximum absolute atomic E-state index is 12.5. The molecule has 2 fully saturated rings. The Morgan fingerprint density at radius 2 is 1.70 bits per heavy atom. The molecule has 0 aromatic heterocycles. The van der Waals surface area contributed by atoms with Crippen LogP contribution < -0.4 is 5.32 Å². The van der Waals surface area contributed by atoms with Gasteiger partial charge >= 0.3 is 11.9 Å². The molecule has 23 heavy (non-hydrogen) atoms. The van der Waals surface area contributed by atoms with Crippen LogP contribution in [0.4, 0.5) is 5.69 Å². The van der Waals surface area contributed by atoms with Crippen molar-refractivity contribution in [1.82, 2.24) is 0 Å². The number of benzene rings is 1. The van der Waals surface area contributed by atoms with Crippen LogP contribution in [-0.2, 0) is 14.3 Å². The molecule has 3 rings (SSSR count). The Bertz CT molecular complexity index is 639. The Labute approximate surface area is 133 Å². The minimum atomic E-state index is -0.876. The molecule has 0 saturated heterocycles. The summed E-state index contributed by atoms with van der Waals surface area (Å²) in [5, 5.41) is 12.2. The first-order valence-corrected chi connectivity index (χ1v) is 7.73. The monoisotopic (exact) mass is 317 g/mol. The fourth-order valence-corrected chi connectivity index (χ4v) is 4.06. The number of carbonyl (C=O) groups excluding carboxylic acids is 2. The third-order valence-corrected chi connectivity index (χ3v) is 5.08. The lowest BCUT2D eigenvalue weighted by molar-refractivity contribution is -0.148. The first-order chi connectivity index (χ1) is 11.0. The van der Waals surface area contributed by atoms with E-state index in [-0.39, 0.29) is 17.7 Å². The molecule has 2 N–H and O–H groups in total. The fourth-order valence-electron chi connectivity index (χ4n) is 4.06. The highest BCUT2D eigenvalue weighted by Gasteiger charge is 2.53. The quantitative estimate of drug-likeness (QED) is 0.830. The predicted octanol–water partition coefficient (Wildman–Crippen LogP) is 2.16. The largest absolute Gasteiger partial charge is 0.481 e. The molecule has 6 nitrogen and oxygen atoms in total. The average Bonchev–Trinajstić information content (AvgIpc) is 3.15. The number of esters is 1. The van der Waals surface area contributed by atoms with Crippen LogP contribution in [0.15, 0.2) is 24.3 Å². The SMILES string of the molecule is COC(=O)c1ccc(NC(=O)[C@@H]2[C@H]3CC[C@@H](C3)[C@@H]2C(=O)O)cc1. The van der Waals surface area contributed by atoms with Gasteiger partial charge in [0.25, 0.3) is 0 Å². The highest BCUT2D eigenvalue weighted by atomic mass is 16.5. The summed E-state index contributed by atoms with van der Waals surface area (Å²) in [5.41, 5.74) is 0.948. The van der Waals surface area contributed by atoms with E-state index in [1.54, 1.807) is 24.3 Å². The van der Waals surface area contributed by atoms with Gasteiger partial charge in [-0.3, -0.25) is 9.59 Å². The lowest BCUT2D eigenvalue weighted by Crippen LogP contribution is -2.37. The van der Waals surface area contributed by atoms with E-state index in [0.717, 1.165) is 19.3 Å². The predicted molar refractivity (Wildman–Crippen MR) is 81.9 cm³/mol. The second kappa shape index (κ2) is 6.02. The summed E-state index contributed by atoms with van der Waals surface area (Å²) in [4.78, 5) is 35.4. The summed E-state index contributed by atoms with van der Waals surface area (Å²) in [5.74, 6) is -2.32. The number of carbonyl (C=O) groups is 3. The van der Waals surface area contributed by atoms with Gasteiger partial charge in [-0.2, -0.15) is 0 Å². The maximum atomic E-state index is 12.5. The minimum absolute atomic E-state index is 0.120. The second-order valence-corrected chi connectivity index (χ2v) is 6.28. The number of ether oxygens (including phenoxy) is 1. The van der Waals surface area contributed by atoms with Crippen LogP contribution in [0.3, 0.4) is 0 Å². The van der Waals surface area contributed by atoms with E-state index in [4.69, 9.17) is 0 Å². The molecule has 4 atom stereocenters. The Morgan fingerprint density at radius 1 is 1.09 bits per heavy atom. The van der Waals surface area contributed by atoms with Crippen LogP contribution >= 0.6 is 0 Å². The number of amides is 1. The van der Waals surface area contributed by atoms with Crippen LogP contribution in [0.1, 0.15) is 29.6 Å². The van der Waals surface area contributed by atoms with E-state index in [1.165, 1.54) is 7.11 Å². The van der Waals surface area contributed by atoms with E-state index in [0.29, 0.717) is 11.3 Å². The molecule has 0 spiro atoms. The number of anilines is 1. The van der Waals surface area contributed by atoms with Gasteiger partial charge in [-0.15, -0.1) is 0 Å². The number of fused-ring (bicyclic) bond motifs is 2. The summed E-state index contributed by atoms with van der Waals surface area (Å²) >= 11 is 0. The molecule has 2 aliphatic rings. The van der Waals surface area contributed by atoms with Gasteiger partial charge in [-0.1, -0.05) is 0 Å². The topological polar surface area (TPSA) is 92.7 Å². The van der Waals surface area contributed by atoms with Gasteiger partial charge in [0.15, 0.2) is 0 Å². The van der Waals surface area contributed by atoms with Crippen molar-refractivity contribution in [2.45, 2.75) is 19.3 Å². The van der Waals surface area contributed by atoms with Crippen LogP contribution in [-0.4, -0.2) is 30.1 Å². The molecule has 2 bridgehead atoms. The number of carboxylic acids is 1. The van der Waals surface area contributed by atoms with E-state index < -0.39 is 23.8 Å². The number of hydrogen-bond donors (Lipinski definition) is 2. The maximum Gasteiger partial charge on any atom is 0.337 e. The Morgan fingerprint density at radius 3 is 2.26 bits per heavy atom. The van der Waals surface area contributed by atoms with Crippen LogP contribution in [0.5, 0.6) is 0 Å². The molecular weight excluding hydrogens is 298 g/mol. The smallest absolute Gasteiger partial charge is 0.337 e. The van der Waals surface area contributed by atoms with Crippen molar-refractivity contribution in [3.05, 3.63) is 29.8 Å². The molecule has 2 aliphatic carbocycles. The van der Waals surface area contributed by atoms with Crippen molar-refractivity contribution in [1.29, 1.82) is 0 Å². The Kier molecular flexibility index (Phi) is 4.07. The fraction of sp³-hybridized carbons (Fsp3) is 0.471. The first-order valence-electron chi connectivity index (χ1n) is 7.73. The van der Waals surface area contributed by atoms with Gasteiger partial charge in [-0.25, -0.2) is 4.79 Å². The third-order valence-electron chi connectivity index (χ3n) is 5.08. The summed E-state index contributed by atoms with van der Waals surface area (Å²) in [6.45, 7) is 0. The Hall–Kier alpha value is -2.37. The summed E-state index contributed by atoms with van der Waals surface area (Å²) in [6, 6.07) is 6.37. The standard InChI is InChI=1S/C17H19NO5/c1-23-17(22)9-4-6-12(7-5-9)18-15(19)13-10-2-3-11(8-10)14(13)16(20)21/h4-7,10-11,13-14H,2-3,8H2,1H3,(H,18,19)(H,20,21)/t10-,11-,13+,14-/m0/s1. The molecule has 0 heterocycles. The van der Waals surface area contributed by atoms with Gasteiger partial charge in [0.1, 0.15) is 0 Å². The van der Waals surface area contributed by atoms with Gasteiger partial charge < -0.3 is 15.2 Å². The number of hydrogen-bond acceptors (Lipinski definition) is 4. The van der Waals surface area contributed by atoms with Gasteiger partial charge in [0, 0.05) is 5.69 Å². The normalized spacial score (nSPS) is 28.4. The van der Waals surface area contributed by atoms with E-state index in [2.05, 4.69) is 10.1 Å². The molecular formula is C17H19NO5. The molecule has 6 heteroatoms. The second-order valence-electron chi connectivity index (χ2n) is 6.28. The van der Waals surface area contributed by atoms with Crippen molar-refractivity contribution in [3.63, 3.8) is 0 Å². The van der Waals surface area contributed by atoms with Gasteiger partial charge in [0.05, 0.1) is 24.5 Å². The highest BCUT2D eigenvalue weighted by molar-refractivity contribution is 5.96. The molecule has 0 unspecified atom stereocenters. The van der Waals surface area contributed by atoms with Crippen molar-refractivity contribution >= 4 is 23.5 Å². The number of nitrogens with one attached hydrogen (secondary N) is 1. The van der Waals surface area contributed by atoms with E-state index >= 15 is 0 Å². The third kappa shape index (κ3) is 2.81.